The highest BCUT2D eigenvalue weighted by Gasteiger charge is 2.30. The van der Waals surface area contributed by atoms with Crippen LogP contribution in [0.4, 0.5) is 8.78 Å². The van der Waals surface area contributed by atoms with Crippen molar-refractivity contribution >= 4 is 11.9 Å². The van der Waals surface area contributed by atoms with Crippen molar-refractivity contribution in [2.24, 2.45) is 13.0 Å². The molecule has 5 heteroatoms. The molecule has 3 rings (SSSR count). The Morgan fingerprint density at radius 2 is 2.00 bits per heavy atom. The minimum Gasteiger partial charge on any atom is -0.431 e. The van der Waals surface area contributed by atoms with E-state index in [0.29, 0.717) is 22.7 Å². The van der Waals surface area contributed by atoms with Gasteiger partial charge in [-0.15, -0.1) is 0 Å². The van der Waals surface area contributed by atoms with Gasteiger partial charge in [-0.3, -0.25) is 0 Å². The number of aromatic nitrogens is 2. The quantitative estimate of drug-likeness (QED) is 0.424. The van der Waals surface area contributed by atoms with Crippen LogP contribution in [-0.2, 0) is 13.5 Å². The maximum absolute atomic E-state index is 16.2. The first-order valence-electron chi connectivity index (χ1n) is 11.4. The van der Waals surface area contributed by atoms with Gasteiger partial charge in [0.2, 0.25) is 5.69 Å². The maximum atomic E-state index is 16.2. The number of methoxy groups -OCH3 is 1. The lowest BCUT2D eigenvalue weighted by atomic mass is 9.80. The van der Waals surface area contributed by atoms with Crippen molar-refractivity contribution in [2.75, 3.05) is 7.11 Å². The number of fused-ring (bicyclic) bond motifs is 1. The number of hydrogen-bond acceptors (Lipinski definition) is 2. The van der Waals surface area contributed by atoms with E-state index in [1.165, 1.54) is 13.2 Å². The molecular formula is C28H33F2N2O+. The summed E-state index contributed by atoms with van der Waals surface area (Å²) in [5.74, 6) is -0.941. The fourth-order valence-electron chi connectivity index (χ4n) is 4.40. The number of unbranched alkanes of at least 4 members (excludes halogenated alkanes) is 1. The van der Waals surface area contributed by atoms with Crippen molar-refractivity contribution in [2.45, 2.75) is 47.0 Å². The van der Waals surface area contributed by atoms with Crippen LogP contribution in [0.3, 0.4) is 0 Å². The third kappa shape index (κ3) is 4.82. The Morgan fingerprint density at radius 1 is 1.27 bits per heavy atom. The average Bonchev–Trinajstić information content (AvgIpc) is 2.94. The number of nitrogens with zero attached hydrogens (tertiary/aromatic N) is 2. The van der Waals surface area contributed by atoms with E-state index < -0.39 is 5.83 Å². The van der Waals surface area contributed by atoms with Gasteiger partial charge < -0.3 is 4.74 Å². The fourth-order valence-corrected chi connectivity index (χ4v) is 4.40. The molecule has 2 aliphatic rings. The van der Waals surface area contributed by atoms with Crippen LogP contribution in [0.15, 0.2) is 70.7 Å². The summed E-state index contributed by atoms with van der Waals surface area (Å²) in [6.07, 6.45) is 13.5. The van der Waals surface area contributed by atoms with E-state index in [2.05, 4.69) is 18.5 Å². The maximum Gasteiger partial charge on any atom is 0.498 e. The van der Waals surface area contributed by atoms with Crippen LogP contribution in [-0.4, -0.2) is 12.1 Å². The first-order chi connectivity index (χ1) is 15.7. The van der Waals surface area contributed by atoms with Crippen molar-refractivity contribution in [3.05, 3.63) is 87.6 Å². The largest absolute Gasteiger partial charge is 0.498 e. The van der Waals surface area contributed by atoms with Crippen LogP contribution >= 0.6 is 0 Å². The first kappa shape index (κ1) is 24.6. The molecule has 174 valence electrons. The van der Waals surface area contributed by atoms with Gasteiger partial charge in [-0.05, 0) is 60.5 Å². The number of rotatable bonds is 7. The molecular weight excluding hydrogens is 418 g/mol. The van der Waals surface area contributed by atoms with Crippen molar-refractivity contribution in [3.8, 4) is 6.01 Å². The van der Waals surface area contributed by atoms with E-state index in [-0.39, 0.29) is 17.4 Å². The molecule has 0 spiro atoms. The standard InChI is InChI=1S/C28H33F2N2O/c1-8-10-11-25-21(9-2)27(31-28(33-7)32(25)6)26(30)19(5)22-15-17(3)14-20-12-13-24(29)18(4)16-23(20)22/h9,12-16,23H,2,8,10-11H2,1,3-7H3/q+1/b26-19-. The van der Waals surface area contributed by atoms with E-state index in [0.717, 1.165) is 41.7 Å². The van der Waals surface area contributed by atoms with E-state index in [1.807, 2.05) is 36.8 Å². The predicted molar refractivity (Wildman–Crippen MR) is 131 cm³/mol. The second-order valence-corrected chi connectivity index (χ2v) is 8.61. The third-order valence-corrected chi connectivity index (χ3v) is 6.28. The van der Waals surface area contributed by atoms with Gasteiger partial charge >= 0.3 is 6.01 Å². The molecule has 1 atom stereocenters. The summed E-state index contributed by atoms with van der Waals surface area (Å²) in [6.45, 7) is 11.5. The van der Waals surface area contributed by atoms with E-state index in [9.17, 15) is 4.39 Å². The van der Waals surface area contributed by atoms with Crippen molar-refractivity contribution in [3.63, 3.8) is 0 Å². The molecule has 1 aromatic rings. The Bertz CT molecular complexity index is 1160. The Kier molecular flexibility index (Phi) is 7.62. The Balaban J connectivity index is 2.22. The minimum absolute atomic E-state index is 0.223. The second-order valence-electron chi connectivity index (χ2n) is 8.61. The lowest BCUT2D eigenvalue weighted by molar-refractivity contribution is -0.687. The van der Waals surface area contributed by atoms with Gasteiger partial charge in [0, 0.05) is 12.3 Å². The fraction of sp³-hybridized carbons (Fsp3) is 0.357. The molecule has 0 aromatic carbocycles. The molecule has 0 N–H and O–H groups in total. The average molecular weight is 452 g/mol. The van der Waals surface area contributed by atoms with Crippen LogP contribution < -0.4 is 9.30 Å². The van der Waals surface area contributed by atoms with Gasteiger partial charge in [-0.1, -0.05) is 55.9 Å². The molecule has 0 aliphatic heterocycles. The van der Waals surface area contributed by atoms with E-state index in [4.69, 9.17) is 4.74 Å². The summed E-state index contributed by atoms with van der Waals surface area (Å²) in [4.78, 5) is 4.51. The minimum atomic E-state index is -0.425. The number of halogens is 2. The van der Waals surface area contributed by atoms with Gasteiger partial charge in [0.05, 0.1) is 19.7 Å². The van der Waals surface area contributed by atoms with Gasteiger partial charge in [-0.25, -0.2) is 8.78 Å². The molecule has 2 aliphatic carbocycles. The predicted octanol–water partition coefficient (Wildman–Crippen LogP) is 6.84. The highest BCUT2D eigenvalue weighted by Crippen LogP contribution is 2.40. The zero-order valence-corrected chi connectivity index (χ0v) is 20.4. The Hall–Kier alpha value is -3.08. The molecule has 1 unspecified atom stereocenters. The van der Waals surface area contributed by atoms with Gasteiger partial charge in [0.15, 0.2) is 5.83 Å². The molecule has 0 bridgehead atoms. The molecule has 0 saturated carbocycles. The zero-order chi connectivity index (χ0) is 24.3. The molecule has 0 saturated heterocycles. The second kappa shape index (κ2) is 10.2. The number of ether oxygens (including phenoxy) is 1. The van der Waals surface area contributed by atoms with Crippen LogP contribution in [0.25, 0.3) is 11.9 Å². The molecule has 1 heterocycles. The molecule has 1 aromatic heterocycles. The summed E-state index contributed by atoms with van der Waals surface area (Å²) in [7, 11) is 3.41. The van der Waals surface area contributed by atoms with Crippen LogP contribution in [0.1, 0.15) is 57.5 Å². The molecule has 0 fully saturated rings. The molecule has 3 nitrogen and oxygen atoms in total. The van der Waals surface area contributed by atoms with Gasteiger partial charge in [-0.2, -0.15) is 4.57 Å². The van der Waals surface area contributed by atoms with Gasteiger partial charge in [0.1, 0.15) is 11.5 Å². The normalized spacial score (nSPS) is 18.7. The SMILES string of the molecule is C=Cc1c(/C(F)=C(\C)C2=CC(C)=CC3=CC=C(F)C(C)=CC32)nc(OC)[n+](C)c1CCCC. The van der Waals surface area contributed by atoms with Crippen molar-refractivity contribution < 1.29 is 18.1 Å². The first-order valence-corrected chi connectivity index (χ1v) is 11.4. The van der Waals surface area contributed by atoms with Crippen LogP contribution in [0.5, 0.6) is 6.01 Å². The summed E-state index contributed by atoms with van der Waals surface area (Å²) < 4.78 is 37.8. The molecule has 0 radical (unpaired) electrons. The summed E-state index contributed by atoms with van der Waals surface area (Å²) >= 11 is 0. The van der Waals surface area contributed by atoms with Crippen molar-refractivity contribution in [1.82, 2.24) is 4.98 Å². The van der Waals surface area contributed by atoms with Crippen molar-refractivity contribution in [1.29, 1.82) is 0 Å². The summed E-state index contributed by atoms with van der Waals surface area (Å²) in [6, 6.07) is 0.343. The smallest absolute Gasteiger partial charge is 0.431 e. The highest BCUT2D eigenvalue weighted by atomic mass is 19.1. The topological polar surface area (TPSA) is 26.0 Å². The molecule has 33 heavy (non-hydrogen) atoms. The summed E-state index contributed by atoms with van der Waals surface area (Å²) in [5, 5.41) is 0. The lowest BCUT2D eigenvalue weighted by Gasteiger charge is -2.24. The third-order valence-electron chi connectivity index (χ3n) is 6.28. The van der Waals surface area contributed by atoms with E-state index >= 15 is 4.39 Å². The number of allylic oxidation sites excluding steroid dienone is 11. The zero-order valence-electron chi connectivity index (χ0n) is 20.4. The highest BCUT2D eigenvalue weighted by molar-refractivity contribution is 5.73. The Labute approximate surface area is 195 Å². The number of hydrogen-bond donors (Lipinski definition) is 0. The van der Waals surface area contributed by atoms with Gasteiger partial charge in [0.25, 0.3) is 0 Å². The Morgan fingerprint density at radius 3 is 2.64 bits per heavy atom. The van der Waals surface area contributed by atoms with E-state index in [1.54, 1.807) is 26.0 Å². The molecule has 0 amide bonds. The summed E-state index contributed by atoms with van der Waals surface area (Å²) in [5.41, 5.74) is 5.55. The lowest BCUT2D eigenvalue weighted by Crippen LogP contribution is -2.38. The van der Waals surface area contributed by atoms with Crippen LogP contribution in [0, 0.1) is 5.92 Å². The monoisotopic (exact) mass is 451 g/mol. The van der Waals surface area contributed by atoms with Crippen LogP contribution in [0.2, 0.25) is 0 Å².